The molecule has 1 saturated carbocycles. The summed E-state index contributed by atoms with van der Waals surface area (Å²) in [5.74, 6) is 0. The molecule has 0 bridgehead atoms. The largest absolute Gasteiger partial charge is 0.240 e. The fourth-order valence-corrected chi connectivity index (χ4v) is 4.88. The highest BCUT2D eigenvalue weighted by atomic mass is 79.9. The lowest BCUT2D eigenvalue weighted by Gasteiger charge is -2.27. The van der Waals surface area contributed by atoms with Gasteiger partial charge in [0, 0.05) is 16.6 Å². The van der Waals surface area contributed by atoms with E-state index in [0.29, 0.717) is 10.1 Å². The van der Waals surface area contributed by atoms with Crippen LogP contribution < -0.4 is 4.72 Å². The molecule has 0 heterocycles. The van der Waals surface area contributed by atoms with Gasteiger partial charge < -0.3 is 0 Å². The first-order chi connectivity index (χ1) is 9.55. The Hall–Kier alpha value is -0.0400. The summed E-state index contributed by atoms with van der Waals surface area (Å²) in [4.78, 5) is 0.356. The van der Waals surface area contributed by atoms with Crippen LogP contribution in [0.5, 0.6) is 0 Å². The van der Waals surface area contributed by atoms with Crippen LogP contribution >= 0.6 is 27.7 Å². The Morgan fingerprint density at radius 3 is 2.30 bits per heavy atom. The van der Waals surface area contributed by atoms with Crippen molar-refractivity contribution in [2.75, 3.05) is 6.26 Å². The van der Waals surface area contributed by atoms with Crippen molar-refractivity contribution in [1.82, 2.24) is 4.72 Å². The SMILES string of the molecule is CSC1CCC(NS(=O)(=O)c2ccc(CBr)cc2)CC1. The number of thioether (sulfide) groups is 1. The van der Waals surface area contributed by atoms with Crippen molar-refractivity contribution in [1.29, 1.82) is 0 Å². The Bertz CT molecular complexity index is 523. The maximum atomic E-state index is 12.3. The Labute approximate surface area is 134 Å². The van der Waals surface area contributed by atoms with Crippen LogP contribution in [0.25, 0.3) is 0 Å². The number of hydrogen-bond donors (Lipinski definition) is 1. The molecule has 0 saturated heterocycles. The molecule has 0 amide bonds. The van der Waals surface area contributed by atoms with E-state index in [4.69, 9.17) is 0 Å². The molecule has 0 spiro atoms. The Morgan fingerprint density at radius 1 is 1.20 bits per heavy atom. The van der Waals surface area contributed by atoms with E-state index in [9.17, 15) is 8.42 Å². The van der Waals surface area contributed by atoms with Crippen molar-refractivity contribution in [2.45, 2.75) is 47.2 Å². The number of rotatable bonds is 5. The van der Waals surface area contributed by atoms with Crippen LogP contribution in [0.2, 0.25) is 0 Å². The minimum atomic E-state index is -3.38. The minimum Gasteiger partial charge on any atom is -0.208 e. The molecule has 0 unspecified atom stereocenters. The summed E-state index contributed by atoms with van der Waals surface area (Å²) < 4.78 is 27.5. The fourth-order valence-electron chi connectivity index (χ4n) is 2.46. The molecule has 0 aromatic heterocycles. The molecular weight excluding hydrogens is 358 g/mol. The van der Waals surface area contributed by atoms with Crippen molar-refractivity contribution in [3.05, 3.63) is 29.8 Å². The van der Waals surface area contributed by atoms with Crippen molar-refractivity contribution in [3.8, 4) is 0 Å². The van der Waals surface area contributed by atoms with Gasteiger partial charge in [-0.2, -0.15) is 11.8 Å². The van der Waals surface area contributed by atoms with Crippen molar-refractivity contribution in [2.24, 2.45) is 0 Å². The van der Waals surface area contributed by atoms with Gasteiger partial charge >= 0.3 is 0 Å². The van der Waals surface area contributed by atoms with Crippen LogP contribution in [0.1, 0.15) is 31.2 Å². The fraction of sp³-hybridized carbons (Fsp3) is 0.571. The van der Waals surface area contributed by atoms with Gasteiger partial charge in [0.2, 0.25) is 10.0 Å². The third-order valence-corrected chi connectivity index (χ3v) is 7.04. The lowest BCUT2D eigenvalue weighted by Crippen LogP contribution is -2.38. The maximum Gasteiger partial charge on any atom is 0.240 e. The number of alkyl halides is 1. The number of hydrogen-bond acceptors (Lipinski definition) is 3. The van der Waals surface area contributed by atoms with E-state index in [1.165, 1.54) is 0 Å². The number of halogens is 1. The molecule has 20 heavy (non-hydrogen) atoms. The molecule has 1 aromatic carbocycles. The number of benzene rings is 1. The molecule has 0 atom stereocenters. The monoisotopic (exact) mass is 377 g/mol. The van der Waals surface area contributed by atoms with E-state index in [1.807, 2.05) is 23.9 Å². The average molecular weight is 378 g/mol. The predicted molar refractivity (Wildman–Crippen MR) is 89.0 cm³/mol. The summed E-state index contributed by atoms with van der Waals surface area (Å²) >= 11 is 5.24. The molecular formula is C14H20BrNO2S2. The van der Waals surface area contributed by atoms with E-state index in [1.54, 1.807) is 12.1 Å². The smallest absolute Gasteiger partial charge is 0.208 e. The highest BCUT2D eigenvalue weighted by Crippen LogP contribution is 2.27. The van der Waals surface area contributed by atoms with Gasteiger partial charge in [-0.1, -0.05) is 28.1 Å². The zero-order chi connectivity index (χ0) is 14.6. The second-order valence-electron chi connectivity index (χ2n) is 5.11. The zero-order valence-corrected chi connectivity index (χ0v) is 14.7. The molecule has 0 aliphatic heterocycles. The van der Waals surface area contributed by atoms with Crippen LogP contribution in [-0.4, -0.2) is 26.0 Å². The van der Waals surface area contributed by atoms with E-state index in [0.717, 1.165) is 36.6 Å². The van der Waals surface area contributed by atoms with Crippen molar-refractivity contribution >= 4 is 37.7 Å². The lowest BCUT2D eigenvalue weighted by molar-refractivity contribution is 0.420. The summed E-state index contributed by atoms with van der Waals surface area (Å²) in [5.41, 5.74) is 1.07. The second-order valence-corrected chi connectivity index (χ2v) is 8.52. The van der Waals surface area contributed by atoms with Crippen LogP contribution in [0.4, 0.5) is 0 Å². The Balaban J connectivity index is 2.00. The normalized spacial score (nSPS) is 23.7. The van der Waals surface area contributed by atoms with Gasteiger partial charge in [-0.05, 0) is 49.6 Å². The molecule has 112 valence electrons. The van der Waals surface area contributed by atoms with Crippen LogP contribution in [0, 0.1) is 0 Å². The summed E-state index contributed by atoms with van der Waals surface area (Å²) in [6, 6.07) is 7.11. The van der Waals surface area contributed by atoms with Crippen LogP contribution in [-0.2, 0) is 15.4 Å². The maximum absolute atomic E-state index is 12.3. The second kappa shape index (κ2) is 7.29. The van der Waals surface area contributed by atoms with Gasteiger partial charge in [0.15, 0.2) is 0 Å². The average Bonchev–Trinajstić information content (AvgIpc) is 2.48. The molecule has 3 nitrogen and oxygen atoms in total. The van der Waals surface area contributed by atoms with Gasteiger partial charge in [-0.3, -0.25) is 0 Å². The highest BCUT2D eigenvalue weighted by Gasteiger charge is 2.25. The van der Waals surface area contributed by atoms with Crippen LogP contribution in [0.15, 0.2) is 29.2 Å². The molecule has 1 N–H and O–H groups in total. The summed E-state index contributed by atoms with van der Waals surface area (Å²) in [6.07, 6.45) is 6.18. The number of nitrogens with one attached hydrogen (secondary N) is 1. The molecule has 1 aromatic rings. The molecule has 6 heteroatoms. The Kier molecular flexibility index (Phi) is 5.95. The van der Waals surface area contributed by atoms with Gasteiger partial charge in [-0.15, -0.1) is 0 Å². The molecule has 1 fully saturated rings. The van der Waals surface area contributed by atoms with Gasteiger partial charge in [0.1, 0.15) is 0 Å². The first-order valence-corrected chi connectivity index (χ1v) is 10.6. The first-order valence-electron chi connectivity index (χ1n) is 6.75. The topological polar surface area (TPSA) is 46.2 Å². The highest BCUT2D eigenvalue weighted by molar-refractivity contribution is 9.08. The van der Waals surface area contributed by atoms with Crippen molar-refractivity contribution < 1.29 is 8.42 Å². The van der Waals surface area contributed by atoms with E-state index >= 15 is 0 Å². The van der Waals surface area contributed by atoms with Crippen LogP contribution in [0.3, 0.4) is 0 Å². The first kappa shape index (κ1) is 16.3. The predicted octanol–water partition coefficient (Wildman–Crippen LogP) is 3.53. The van der Waals surface area contributed by atoms with Crippen molar-refractivity contribution in [3.63, 3.8) is 0 Å². The van der Waals surface area contributed by atoms with Gasteiger partial charge in [-0.25, -0.2) is 13.1 Å². The van der Waals surface area contributed by atoms with Gasteiger partial charge in [0.05, 0.1) is 4.90 Å². The Morgan fingerprint density at radius 2 is 1.80 bits per heavy atom. The third kappa shape index (κ3) is 4.23. The molecule has 1 aliphatic carbocycles. The van der Waals surface area contributed by atoms with E-state index in [2.05, 4.69) is 26.9 Å². The molecule has 1 aliphatic rings. The molecule has 0 radical (unpaired) electrons. The number of sulfonamides is 1. The summed E-state index contributed by atoms with van der Waals surface area (Å²) in [7, 11) is -3.38. The molecule has 2 rings (SSSR count). The zero-order valence-electron chi connectivity index (χ0n) is 11.5. The summed E-state index contributed by atoms with van der Waals surface area (Å²) in [6.45, 7) is 0. The van der Waals surface area contributed by atoms with E-state index in [-0.39, 0.29) is 6.04 Å². The third-order valence-electron chi connectivity index (χ3n) is 3.72. The quantitative estimate of drug-likeness (QED) is 0.798. The lowest BCUT2D eigenvalue weighted by atomic mass is 9.96. The minimum absolute atomic E-state index is 0.0826. The van der Waals surface area contributed by atoms with E-state index < -0.39 is 10.0 Å². The summed E-state index contributed by atoms with van der Waals surface area (Å²) in [5, 5.41) is 1.42. The standard InChI is InChI=1S/C14H20BrNO2S2/c1-19-13-6-4-12(5-7-13)16-20(17,18)14-8-2-11(10-15)3-9-14/h2-3,8-9,12-13,16H,4-7,10H2,1H3. The van der Waals surface area contributed by atoms with Gasteiger partial charge in [0.25, 0.3) is 0 Å².